The van der Waals surface area contributed by atoms with Crippen LogP contribution < -0.4 is 10.6 Å². The van der Waals surface area contributed by atoms with Gasteiger partial charge in [0.15, 0.2) is 15.8 Å². The minimum atomic E-state index is -3.14. The van der Waals surface area contributed by atoms with Crippen molar-refractivity contribution in [2.45, 2.75) is 24.3 Å². The van der Waals surface area contributed by atoms with Crippen LogP contribution in [0.5, 0.6) is 0 Å². The van der Waals surface area contributed by atoms with E-state index >= 15 is 0 Å². The summed E-state index contributed by atoms with van der Waals surface area (Å²) in [5.41, 5.74) is 2.57. The molecule has 2 N–H and O–H groups in total. The van der Waals surface area contributed by atoms with Crippen molar-refractivity contribution < 1.29 is 8.42 Å². The van der Waals surface area contributed by atoms with Crippen molar-refractivity contribution in [3.8, 4) is 0 Å². The number of benzene rings is 1. The molecule has 0 fully saturated rings. The molecule has 0 aliphatic carbocycles. The molecule has 1 aromatic heterocycles. The van der Waals surface area contributed by atoms with Gasteiger partial charge in [-0.15, -0.1) is 35.3 Å². The average Bonchev–Trinajstić information content (AvgIpc) is 3.14. The molecule has 1 aliphatic rings. The predicted molar refractivity (Wildman–Crippen MR) is 131 cm³/mol. The van der Waals surface area contributed by atoms with Gasteiger partial charge in [-0.2, -0.15) is 0 Å². The highest BCUT2D eigenvalue weighted by molar-refractivity contribution is 14.0. The third-order valence-electron chi connectivity index (χ3n) is 4.89. The summed E-state index contributed by atoms with van der Waals surface area (Å²) < 4.78 is 23.0. The summed E-state index contributed by atoms with van der Waals surface area (Å²) in [4.78, 5) is 8.63. The molecule has 0 spiro atoms. The molecule has 6 nitrogen and oxygen atoms in total. The highest BCUT2D eigenvalue weighted by atomic mass is 127. The molecule has 0 saturated heterocycles. The molecule has 2 aromatic rings. The molecule has 0 unspecified atom stereocenters. The second kappa shape index (κ2) is 11.3. The minimum Gasteiger partial charge on any atom is -0.356 e. The Bertz CT molecular complexity index is 911. The molecule has 1 aromatic carbocycles. The molecule has 0 radical (unpaired) electrons. The van der Waals surface area contributed by atoms with Crippen molar-refractivity contribution in [1.29, 1.82) is 0 Å². The van der Waals surface area contributed by atoms with Gasteiger partial charge in [0.25, 0.3) is 0 Å². The van der Waals surface area contributed by atoms with Gasteiger partial charge in [0.1, 0.15) is 0 Å². The van der Waals surface area contributed by atoms with Crippen LogP contribution in [0, 0.1) is 0 Å². The van der Waals surface area contributed by atoms with E-state index in [1.165, 1.54) is 16.7 Å². The van der Waals surface area contributed by atoms with E-state index in [0.717, 1.165) is 57.1 Å². The quantitative estimate of drug-likeness (QED) is 0.316. The molecule has 160 valence electrons. The normalized spacial score (nSPS) is 14.8. The fraction of sp³-hybridized carbons (Fsp3) is 0.450. The lowest BCUT2D eigenvalue weighted by Crippen LogP contribution is -2.43. The topological polar surface area (TPSA) is 73.8 Å². The number of nitrogens with one attached hydrogen (secondary N) is 2. The Kier molecular flexibility index (Phi) is 9.38. The second-order valence-corrected chi connectivity index (χ2v) is 10.0. The zero-order valence-corrected chi connectivity index (χ0v) is 20.8. The standard InChI is InChI=1S/C20H28N4O2S2.HI/c1-21-20(22-10-7-16-3-5-18(6-4-16)28(2,25)26)23-11-13-24-12-8-19-17(15-24)9-14-27-19;/h3-6,9,14H,7-8,10-13,15H2,1-2H3,(H2,21,22,23);1H. The van der Waals surface area contributed by atoms with Crippen molar-refractivity contribution >= 4 is 51.1 Å². The summed E-state index contributed by atoms with van der Waals surface area (Å²) in [6.07, 6.45) is 3.18. The number of sulfone groups is 1. The van der Waals surface area contributed by atoms with Crippen LogP contribution in [-0.2, 0) is 29.2 Å². The monoisotopic (exact) mass is 548 g/mol. The van der Waals surface area contributed by atoms with Crippen LogP contribution in [0.25, 0.3) is 0 Å². The third-order valence-corrected chi connectivity index (χ3v) is 7.04. The van der Waals surface area contributed by atoms with Crippen LogP contribution in [0.2, 0.25) is 0 Å². The Morgan fingerprint density at radius 1 is 1.17 bits per heavy atom. The van der Waals surface area contributed by atoms with Crippen molar-refractivity contribution in [3.63, 3.8) is 0 Å². The van der Waals surface area contributed by atoms with Gasteiger partial charge < -0.3 is 10.6 Å². The lowest BCUT2D eigenvalue weighted by atomic mass is 10.1. The van der Waals surface area contributed by atoms with Gasteiger partial charge in [0, 0.05) is 50.9 Å². The number of halogens is 1. The fourth-order valence-corrected chi connectivity index (χ4v) is 4.80. The molecule has 1 aliphatic heterocycles. The van der Waals surface area contributed by atoms with Gasteiger partial charge in [0.2, 0.25) is 0 Å². The molecule has 2 heterocycles. The Balaban J connectivity index is 0.00000300. The van der Waals surface area contributed by atoms with Gasteiger partial charge in [-0.1, -0.05) is 12.1 Å². The first-order valence-corrected chi connectivity index (χ1v) is 12.2. The van der Waals surface area contributed by atoms with Crippen LogP contribution >= 0.6 is 35.3 Å². The third kappa shape index (κ3) is 7.23. The van der Waals surface area contributed by atoms with E-state index in [-0.39, 0.29) is 24.0 Å². The number of guanidine groups is 1. The molecule has 9 heteroatoms. The molecular formula is C20H29IN4O2S2. The van der Waals surface area contributed by atoms with Gasteiger partial charge in [-0.25, -0.2) is 8.42 Å². The maximum Gasteiger partial charge on any atom is 0.191 e. The summed E-state index contributed by atoms with van der Waals surface area (Å²) in [5.74, 6) is 0.793. The summed E-state index contributed by atoms with van der Waals surface area (Å²) >= 11 is 1.87. The van der Waals surface area contributed by atoms with Crippen molar-refractivity contribution in [2.24, 2.45) is 4.99 Å². The molecule has 29 heavy (non-hydrogen) atoms. The van der Waals surface area contributed by atoms with Crippen molar-refractivity contribution in [1.82, 2.24) is 15.5 Å². The van der Waals surface area contributed by atoms with Crippen LogP contribution in [0.3, 0.4) is 0 Å². The first-order valence-electron chi connectivity index (χ1n) is 9.47. The highest BCUT2D eigenvalue weighted by Crippen LogP contribution is 2.23. The van der Waals surface area contributed by atoms with Crippen LogP contribution in [0.1, 0.15) is 16.0 Å². The van der Waals surface area contributed by atoms with Gasteiger partial charge >= 0.3 is 0 Å². The average molecular weight is 549 g/mol. The van der Waals surface area contributed by atoms with Crippen molar-refractivity contribution in [3.05, 3.63) is 51.7 Å². The Morgan fingerprint density at radius 3 is 2.59 bits per heavy atom. The van der Waals surface area contributed by atoms with Crippen LogP contribution in [-0.4, -0.2) is 58.8 Å². The van der Waals surface area contributed by atoms with Crippen LogP contribution in [0.15, 0.2) is 45.6 Å². The van der Waals surface area contributed by atoms with E-state index in [4.69, 9.17) is 0 Å². The van der Waals surface area contributed by atoms with Crippen molar-refractivity contribution in [2.75, 3.05) is 39.5 Å². The molecule has 3 rings (SSSR count). The molecular weight excluding hydrogens is 519 g/mol. The highest BCUT2D eigenvalue weighted by Gasteiger charge is 2.16. The SMILES string of the molecule is CN=C(NCCc1ccc(S(C)(=O)=O)cc1)NCCN1CCc2sccc2C1.I. The van der Waals surface area contributed by atoms with Gasteiger partial charge in [0.05, 0.1) is 4.90 Å². The Hall–Kier alpha value is -1.17. The number of rotatable bonds is 7. The van der Waals surface area contributed by atoms with E-state index in [1.54, 1.807) is 19.2 Å². The maximum absolute atomic E-state index is 11.5. The summed E-state index contributed by atoms with van der Waals surface area (Å²) in [6.45, 7) is 4.73. The Labute approximate surface area is 194 Å². The van der Waals surface area contributed by atoms with E-state index < -0.39 is 9.84 Å². The maximum atomic E-state index is 11.5. The molecule has 0 amide bonds. The fourth-order valence-electron chi connectivity index (χ4n) is 3.28. The number of hydrogen-bond acceptors (Lipinski definition) is 5. The predicted octanol–water partition coefficient (Wildman–Crippen LogP) is 2.54. The number of thiophene rings is 1. The van der Waals surface area contributed by atoms with E-state index in [2.05, 4.69) is 32.0 Å². The van der Waals surface area contributed by atoms with E-state index in [0.29, 0.717) is 4.90 Å². The van der Waals surface area contributed by atoms with Gasteiger partial charge in [-0.05, 0) is 47.5 Å². The smallest absolute Gasteiger partial charge is 0.191 e. The van der Waals surface area contributed by atoms with E-state index in [1.807, 2.05) is 23.5 Å². The largest absolute Gasteiger partial charge is 0.356 e. The lowest BCUT2D eigenvalue weighted by Gasteiger charge is -2.27. The molecule has 0 bridgehead atoms. The Morgan fingerprint density at radius 2 is 1.90 bits per heavy atom. The zero-order chi connectivity index (χ0) is 20.0. The zero-order valence-electron chi connectivity index (χ0n) is 16.8. The second-order valence-electron chi connectivity index (χ2n) is 6.99. The first-order chi connectivity index (χ1) is 13.5. The number of aliphatic imine (C=N–C) groups is 1. The van der Waals surface area contributed by atoms with Gasteiger partial charge in [-0.3, -0.25) is 9.89 Å². The summed E-state index contributed by atoms with van der Waals surface area (Å²) in [5, 5.41) is 8.87. The molecule has 0 atom stereocenters. The number of nitrogens with zero attached hydrogens (tertiary/aromatic N) is 2. The number of hydrogen-bond donors (Lipinski definition) is 2. The summed E-state index contributed by atoms with van der Waals surface area (Å²) in [7, 11) is -1.37. The summed E-state index contributed by atoms with van der Waals surface area (Å²) in [6, 6.07) is 9.29. The first kappa shape index (κ1) is 24.1. The van der Waals surface area contributed by atoms with E-state index in [9.17, 15) is 8.42 Å². The molecule has 0 saturated carbocycles. The van der Waals surface area contributed by atoms with Crippen LogP contribution in [0.4, 0.5) is 0 Å². The number of fused-ring (bicyclic) bond motifs is 1. The lowest BCUT2D eigenvalue weighted by molar-refractivity contribution is 0.260. The minimum absolute atomic E-state index is 0.